The van der Waals surface area contributed by atoms with Gasteiger partial charge in [-0.1, -0.05) is 0 Å². The van der Waals surface area contributed by atoms with Crippen molar-refractivity contribution in [1.29, 1.82) is 0 Å². The van der Waals surface area contributed by atoms with Crippen molar-refractivity contribution in [3.05, 3.63) is 29.8 Å². The Morgan fingerprint density at radius 3 is 3.00 bits per heavy atom. The summed E-state index contributed by atoms with van der Waals surface area (Å²) in [7, 11) is 3.84. The summed E-state index contributed by atoms with van der Waals surface area (Å²) in [5, 5.41) is 7.43. The van der Waals surface area contributed by atoms with Crippen LogP contribution in [0.1, 0.15) is 5.56 Å². The van der Waals surface area contributed by atoms with Gasteiger partial charge in [-0.05, 0) is 23.8 Å². The number of nitrogens with zero attached hydrogens (tertiary/aromatic N) is 2. The van der Waals surface area contributed by atoms with Gasteiger partial charge in [0.2, 0.25) is 0 Å². The molecule has 0 spiro atoms. The van der Waals surface area contributed by atoms with Crippen LogP contribution in [0.3, 0.4) is 0 Å². The molecule has 0 radical (unpaired) electrons. The summed E-state index contributed by atoms with van der Waals surface area (Å²) in [5.41, 5.74) is 3.59. The zero-order valence-electron chi connectivity index (χ0n) is 10.0. The SMILES string of the molecule is CNc1cc(-c2ccc3c(c2)CCO3)n(C)n1. The minimum atomic E-state index is 0.798. The number of aryl methyl sites for hydroxylation is 1. The fraction of sp³-hybridized carbons (Fsp3) is 0.308. The number of ether oxygens (including phenoxy) is 1. The molecule has 1 aromatic heterocycles. The Balaban J connectivity index is 2.06. The van der Waals surface area contributed by atoms with Crippen LogP contribution < -0.4 is 10.1 Å². The topological polar surface area (TPSA) is 39.1 Å². The lowest BCUT2D eigenvalue weighted by Crippen LogP contribution is -1.95. The summed E-state index contributed by atoms with van der Waals surface area (Å²) < 4.78 is 7.40. The van der Waals surface area contributed by atoms with E-state index in [0.29, 0.717) is 0 Å². The van der Waals surface area contributed by atoms with Crippen LogP contribution in [-0.4, -0.2) is 23.4 Å². The molecule has 0 fully saturated rings. The molecule has 0 saturated heterocycles. The maximum atomic E-state index is 5.51. The molecule has 2 heterocycles. The maximum Gasteiger partial charge on any atom is 0.148 e. The van der Waals surface area contributed by atoms with Gasteiger partial charge in [0, 0.05) is 32.1 Å². The monoisotopic (exact) mass is 229 g/mol. The van der Waals surface area contributed by atoms with E-state index in [-0.39, 0.29) is 0 Å². The Morgan fingerprint density at radius 1 is 1.35 bits per heavy atom. The Morgan fingerprint density at radius 2 is 2.24 bits per heavy atom. The van der Waals surface area contributed by atoms with Gasteiger partial charge in [-0.25, -0.2) is 0 Å². The Labute approximate surface area is 100 Å². The first-order valence-corrected chi connectivity index (χ1v) is 5.76. The van der Waals surface area contributed by atoms with E-state index in [0.717, 1.165) is 30.3 Å². The third kappa shape index (κ3) is 1.65. The summed E-state index contributed by atoms with van der Waals surface area (Å²) in [6.07, 6.45) is 1.000. The van der Waals surface area contributed by atoms with Crippen molar-refractivity contribution >= 4 is 5.82 Å². The molecule has 88 valence electrons. The van der Waals surface area contributed by atoms with Gasteiger partial charge in [0.1, 0.15) is 11.6 Å². The average Bonchev–Trinajstić information content (AvgIpc) is 2.93. The molecule has 0 aliphatic carbocycles. The van der Waals surface area contributed by atoms with Crippen LogP contribution in [0.5, 0.6) is 5.75 Å². The van der Waals surface area contributed by atoms with Gasteiger partial charge in [0.05, 0.1) is 12.3 Å². The van der Waals surface area contributed by atoms with Crippen molar-refractivity contribution < 1.29 is 4.74 Å². The highest BCUT2D eigenvalue weighted by molar-refractivity contribution is 5.66. The minimum absolute atomic E-state index is 0.798. The third-order valence-electron chi connectivity index (χ3n) is 3.12. The van der Waals surface area contributed by atoms with Gasteiger partial charge in [0.25, 0.3) is 0 Å². The molecule has 0 saturated carbocycles. The number of aromatic nitrogens is 2. The molecule has 0 bridgehead atoms. The van der Waals surface area contributed by atoms with Crippen molar-refractivity contribution in [3.8, 4) is 17.0 Å². The standard InChI is InChI=1S/C13H15N3O/c1-14-13-8-11(16(2)15-13)9-3-4-12-10(7-9)5-6-17-12/h3-4,7-8H,5-6H2,1-2H3,(H,14,15). The van der Waals surface area contributed by atoms with E-state index >= 15 is 0 Å². The Hall–Kier alpha value is -1.97. The van der Waals surface area contributed by atoms with Crippen LogP contribution >= 0.6 is 0 Å². The number of nitrogens with one attached hydrogen (secondary N) is 1. The van der Waals surface area contributed by atoms with E-state index < -0.39 is 0 Å². The van der Waals surface area contributed by atoms with Crippen LogP contribution in [0, 0.1) is 0 Å². The highest BCUT2D eigenvalue weighted by atomic mass is 16.5. The highest BCUT2D eigenvalue weighted by Gasteiger charge is 2.14. The second kappa shape index (κ2) is 3.80. The number of hydrogen-bond acceptors (Lipinski definition) is 3. The first kappa shape index (κ1) is 10.2. The molecule has 1 aliphatic rings. The second-order valence-electron chi connectivity index (χ2n) is 4.21. The molecular weight excluding hydrogens is 214 g/mol. The molecule has 1 N–H and O–H groups in total. The molecule has 4 nitrogen and oxygen atoms in total. The van der Waals surface area contributed by atoms with Crippen molar-refractivity contribution in [2.45, 2.75) is 6.42 Å². The van der Waals surface area contributed by atoms with E-state index in [1.54, 1.807) is 0 Å². The zero-order valence-corrected chi connectivity index (χ0v) is 10.0. The molecule has 0 atom stereocenters. The van der Waals surface area contributed by atoms with E-state index in [9.17, 15) is 0 Å². The summed E-state index contributed by atoms with van der Waals surface area (Å²) in [5.74, 6) is 1.91. The molecule has 3 rings (SSSR count). The first-order valence-electron chi connectivity index (χ1n) is 5.76. The molecule has 0 unspecified atom stereocenters. The van der Waals surface area contributed by atoms with Gasteiger partial charge in [-0.2, -0.15) is 5.10 Å². The van der Waals surface area contributed by atoms with E-state index in [1.807, 2.05) is 24.8 Å². The fourth-order valence-corrected chi connectivity index (χ4v) is 2.21. The van der Waals surface area contributed by atoms with Crippen LogP contribution in [0.2, 0.25) is 0 Å². The van der Waals surface area contributed by atoms with Crippen molar-refractivity contribution in [2.24, 2.45) is 7.05 Å². The van der Waals surface area contributed by atoms with E-state index in [4.69, 9.17) is 4.74 Å². The molecule has 2 aromatic rings. The van der Waals surface area contributed by atoms with Crippen LogP contribution in [0.25, 0.3) is 11.3 Å². The molecular formula is C13H15N3O. The van der Waals surface area contributed by atoms with Gasteiger partial charge >= 0.3 is 0 Å². The summed E-state index contributed by atoms with van der Waals surface area (Å²) in [4.78, 5) is 0. The number of anilines is 1. The fourth-order valence-electron chi connectivity index (χ4n) is 2.21. The zero-order chi connectivity index (χ0) is 11.8. The molecule has 1 aliphatic heterocycles. The number of rotatable bonds is 2. The Bertz CT molecular complexity index is 560. The first-order chi connectivity index (χ1) is 8.28. The van der Waals surface area contributed by atoms with Gasteiger partial charge in [-0.3, -0.25) is 4.68 Å². The van der Waals surface area contributed by atoms with Crippen molar-refractivity contribution in [2.75, 3.05) is 19.0 Å². The minimum Gasteiger partial charge on any atom is -0.493 e. The Kier molecular flexibility index (Phi) is 2.28. The average molecular weight is 229 g/mol. The van der Waals surface area contributed by atoms with Gasteiger partial charge in [-0.15, -0.1) is 0 Å². The molecule has 1 aromatic carbocycles. The second-order valence-corrected chi connectivity index (χ2v) is 4.21. The number of fused-ring (bicyclic) bond motifs is 1. The lowest BCUT2D eigenvalue weighted by molar-refractivity contribution is 0.357. The number of benzene rings is 1. The van der Waals surface area contributed by atoms with Gasteiger partial charge < -0.3 is 10.1 Å². The van der Waals surface area contributed by atoms with Crippen LogP contribution in [0.4, 0.5) is 5.82 Å². The van der Waals surface area contributed by atoms with Crippen LogP contribution in [-0.2, 0) is 13.5 Å². The smallest absolute Gasteiger partial charge is 0.148 e. The number of hydrogen-bond donors (Lipinski definition) is 1. The van der Waals surface area contributed by atoms with Crippen molar-refractivity contribution in [3.63, 3.8) is 0 Å². The lowest BCUT2D eigenvalue weighted by atomic mass is 10.1. The quantitative estimate of drug-likeness (QED) is 0.856. The summed E-state index contributed by atoms with van der Waals surface area (Å²) in [6.45, 7) is 0.798. The summed E-state index contributed by atoms with van der Waals surface area (Å²) >= 11 is 0. The predicted molar refractivity (Wildman–Crippen MR) is 67.4 cm³/mol. The normalized spacial score (nSPS) is 13.3. The van der Waals surface area contributed by atoms with Gasteiger partial charge in [0.15, 0.2) is 0 Å². The van der Waals surface area contributed by atoms with E-state index in [1.165, 1.54) is 11.1 Å². The highest BCUT2D eigenvalue weighted by Crippen LogP contribution is 2.30. The summed E-state index contributed by atoms with van der Waals surface area (Å²) in [6, 6.07) is 8.38. The predicted octanol–water partition coefficient (Wildman–Crippen LogP) is 2.06. The molecule has 0 amide bonds. The third-order valence-corrected chi connectivity index (χ3v) is 3.12. The van der Waals surface area contributed by atoms with E-state index in [2.05, 4.69) is 28.6 Å². The van der Waals surface area contributed by atoms with Crippen LogP contribution in [0.15, 0.2) is 24.3 Å². The lowest BCUT2D eigenvalue weighted by Gasteiger charge is -2.04. The molecule has 4 heteroatoms. The maximum absolute atomic E-state index is 5.51. The van der Waals surface area contributed by atoms with Crippen molar-refractivity contribution in [1.82, 2.24) is 9.78 Å². The molecule has 17 heavy (non-hydrogen) atoms. The largest absolute Gasteiger partial charge is 0.493 e.